The van der Waals surface area contributed by atoms with Crippen LogP contribution in [0.3, 0.4) is 0 Å². The molecule has 0 spiro atoms. The summed E-state index contributed by atoms with van der Waals surface area (Å²) in [5.41, 5.74) is 1.92. The average molecular weight is 291 g/mol. The fourth-order valence-electron chi connectivity index (χ4n) is 1.45. The van der Waals surface area contributed by atoms with Crippen LogP contribution in [-0.2, 0) is 13.0 Å². The number of halogens is 3. The first kappa shape index (κ1) is 12.7. The molecule has 0 aliphatic carbocycles. The molecule has 2 aromatic rings. The van der Waals surface area contributed by atoms with Crippen molar-refractivity contribution in [1.29, 1.82) is 0 Å². The third-order valence-corrected chi connectivity index (χ3v) is 3.19. The van der Waals surface area contributed by atoms with Gasteiger partial charge in [-0.3, -0.25) is 0 Å². The molecule has 1 aromatic heterocycles. The van der Waals surface area contributed by atoms with E-state index in [4.69, 9.17) is 34.8 Å². The van der Waals surface area contributed by atoms with E-state index in [1.165, 1.54) is 0 Å². The Hall–Kier alpha value is -0.770. The molecule has 0 unspecified atom stereocenters. The predicted octanol–water partition coefficient (Wildman–Crippen LogP) is 3.41. The zero-order chi connectivity index (χ0) is 12.3. The molecule has 0 fully saturated rings. The fraction of sp³-hybridized carbons (Fsp3) is 0.273. The number of rotatable bonds is 4. The standard InChI is InChI=1S/C11H10Cl3N3/c12-4-3-9-7-17(16-15-9)6-8-1-2-10(13)11(14)5-8/h1-2,5,7H,3-4,6H2. The van der Waals surface area contributed by atoms with E-state index in [9.17, 15) is 0 Å². The topological polar surface area (TPSA) is 30.7 Å². The summed E-state index contributed by atoms with van der Waals surface area (Å²) in [6.45, 7) is 0.617. The van der Waals surface area contributed by atoms with Crippen LogP contribution < -0.4 is 0 Å². The molecule has 0 aliphatic heterocycles. The second kappa shape index (κ2) is 5.71. The van der Waals surface area contributed by atoms with Crippen molar-refractivity contribution in [2.24, 2.45) is 0 Å². The molecule has 2 rings (SSSR count). The van der Waals surface area contributed by atoms with Crippen molar-refractivity contribution in [2.75, 3.05) is 5.88 Å². The zero-order valence-electron chi connectivity index (χ0n) is 8.91. The second-order valence-corrected chi connectivity index (χ2v) is 4.79. The van der Waals surface area contributed by atoms with Gasteiger partial charge in [0.2, 0.25) is 0 Å². The number of hydrogen-bond acceptors (Lipinski definition) is 2. The predicted molar refractivity (Wildman–Crippen MR) is 70.0 cm³/mol. The summed E-state index contributed by atoms with van der Waals surface area (Å²) >= 11 is 17.4. The van der Waals surface area contributed by atoms with E-state index in [2.05, 4.69) is 10.3 Å². The Morgan fingerprint density at radius 3 is 2.71 bits per heavy atom. The van der Waals surface area contributed by atoms with Crippen LogP contribution in [0.1, 0.15) is 11.3 Å². The SMILES string of the molecule is ClCCc1cn(Cc2ccc(Cl)c(Cl)c2)nn1. The van der Waals surface area contributed by atoms with Crippen molar-refractivity contribution in [1.82, 2.24) is 15.0 Å². The highest BCUT2D eigenvalue weighted by atomic mass is 35.5. The quantitative estimate of drug-likeness (QED) is 0.808. The minimum atomic E-state index is 0.547. The number of nitrogens with zero attached hydrogens (tertiary/aromatic N) is 3. The third-order valence-electron chi connectivity index (χ3n) is 2.27. The lowest BCUT2D eigenvalue weighted by Crippen LogP contribution is -2.00. The van der Waals surface area contributed by atoms with E-state index in [1.807, 2.05) is 18.3 Å². The van der Waals surface area contributed by atoms with Gasteiger partial charge in [-0.15, -0.1) is 16.7 Å². The molecule has 1 heterocycles. The maximum atomic E-state index is 5.94. The molecule has 0 bridgehead atoms. The normalized spacial score (nSPS) is 10.8. The van der Waals surface area contributed by atoms with Crippen molar-refractivity contribution in [2.45, 2.75) is 13.0 Å². The van der Waals surface area contributed by atoms with Gasteiger partial charge in [0, 0.05) is 18.5 Å². The molecule has 0 saturated carbocycles. The zero-order valence-corrected chi connectivity index (χ0v) is 11.2. The van der Waals surface area contributed by atoms with Crippen LogP contribution >= 0.6 is 34.8 Å². The summed E-state index contributed by atoms with van der Waals surface area (Å²) in [4.78, 5) is 0. The van der Waals surface area contributed by atoms with Crippen LogP contribution in [0.25, 0.3) is 0 Å². The maximum absolute atomic E-state index is 5.94. The van der Waals surface area contributed by atoms with Gasteiger partial charge in [0.1, 0.15) is 0 Å². The van der Waals surface area contributed by atoms with E-state index in [0.29, 0.717) is 22.5 Å². The molecular formula is C11H10Cl3N3. The van der Waals surface area contributed by atoms with Gasteiger partial charge in [-0.25, -0.2) is 4.68 Å². The van der Waals surface area contributed by atoms with Crippen molar-refractivity contribution >= 4 is 34.8 Å². The molecule has 3 nitrogen and oxygen atoms in total. The van der Waals surface area contributed by atoms with Gasteiger partial charge in [0.25, 0.3) is 0 Å². The Labute approximate surface area is 114 Å². The van der Waals surface area contributed by atoms with Crippen LogP contribution in [0.4, 0.5) is 0 Å². The molecule has 0 N–H and O–H groups in total. The number of hydrogen-bond donors (Lipinski definition) is 0. The molecule has 0 saturated heterocycles. The summed E-state index contributed by atoms with van der Waals surface area (Å²) in [6, 6.07) is 5.51. The lowest BCUT2D eigenvalue weighted by molar-refractivity contribution is 0.649. The van der Waals surface area contributed by atoms with E-state index >= 15 is 0 Å². The average Bonchev–Trinajstić information content (AvgIpc) is 2.72. The molecule has 0 amide bonds. The Morgan fingerprint density at radius 1 is 1.18 bits per heavy atom. The number of aromatic nitrogens is 3. The smallest absolute Gasteiger partial charge is 0.0839 e. The molecule has 1 aromatic carbocycles. The number of benzene rings is 1. The maximum Gasteiger partial charge on any atom is 0.0839 e. The van der Waals surface area contributed by atoms with Gasteiger partial charge in [-0.1, -0.05) is 34.5 Å². The van der Waals surface area contributed by atoms with Gasteiger partial charge in [0.05, 0.1) is 22.3 Å². The summed E-state index contributed by atoms with van der Waals surface area (Å²) in [7, 11) is 0. The first-order valence-electron chi connectivity index (χ1n) is 5.08. The fourth-order valence-corrected chi connectivity index (χ4v) is 1.97. The van der Waals surface area contributed by atoms with Crippen molar-refractivity contribution in [3.05, 3.63) is 45.7 Å². The highest BCUT2D eigenvalue weighted by molar-refractivity contribution is 6.42. The number of aryl methyl sites for hydroxylation is 1. The minimum Gasteiger partial charge on any atom is -0.248 e. The van der Waals surface area contributed by atoms with Gasteiger partial charge in [-0.05, 0) is 17.7 Å². The largest absolute Gasteiger partial charge is 0.248 e. The molecule has 0 aliphatic rings. The highest BCUT2D eigenvalue weighted by Gasteiger charge is 2.03. The minimum absolute atomic E-state index is 0.547. The molecule has 0 radical (unpaired) electrons. The number of alkyl halides is 1. The van der Waals surface area contributed by atoms with Crippen LogP contribution in [0.15, 0.2) is 24.4 Å². The Kier molecular flexibility index (Phi) is 4.26. The Balaban J connectivity index is 2.11. The Morgan fingerprint density at radius 2 is 2.00 bits per heavy atom. The van der Waals surface area contributed by atoms with Gasteiger partial charge in [-0.2, -0.15) is 0 Å². The second-order valence-electron chi connectivity index (χ2n) is 3.59. The monoisotopic (exact) mass is 289 g/mol. The summed E-state index contributed by atoms with van der Waals surface area (Å²) in [5.74, 6) is 0.547. The lowest BCUT2D eigenvalue weighted by Gasteiger charge is -2.02. The lowest BCUT2D eigenvalue weighted by atomic mass is 10.2. The molecule has 0 atom stereocenters. The van der Waals surface area contributed by atoms with Crippen molar-refractivity contribution in [3.8, 4) is 0 Å². The highest BCUT2D eigenvalue weighted by Crippen LogP contribution is 2.22. The van der Waals surface area contributed by atoms with Gasteiger partial charge in [0.15, 0.2) is 0 Å². The van der Waals surface area contributed by atoms with E-state index in [0.717, 1.165) is 17.7 Å². The molecule has 90 valence electrons. The van der Waals surface area contributed by atoms with E-state index in [-0.39, 0.29) is 0 Å². The summed E-state index contributed by atoms with van der Waals surface area (Å²) < 4.78 is 1.75. The van der Waals surface area contributed by atoms with Crippen LogP contribution in [0, 0.1) is 0 Å². The summed E-state index contributed by atoms with van der Waals surface area (Å²) in [5, 5.41) is 9.12. The van der Waals surface area contributed by atoms with E-state index < -0.39 is 0 Å². The van der Waals surface area contributed by atoms with Crippen molar-refractivity contribution < 1.29 is 0 Å². The van der Waals surface area contributed by atoms with E-state index in [1.54, 1.807) is 10.7 Å². The van der Waals surface area contributed by atoms with Gasteiger partial charge >= 0.3 is 0 Å². The first-order chi connectivity index (χ1) is 8.19. The molecule has 17 heavy (non-hydrogen) atoms. The van der Waals surface area contributed by atoms with Crippen LogP contribution in [-0.4, -0.2) is 20.9 Å². The molecular weight excluding hydrogens is 281 g/mol. The Bertz CT molecular complexity index is 510. The summed E-state index contributed by atoms with van der Waals surface area (Å²) in [6.07, 6.45) is 2.60. The third kappa shape index (κ3) is 3.35. The van der Waals surface area contributed by atoms with Crippen LogP contribution in [0.5, 0.6) is 0 Å². The van der Waals surface area contributed by atoms with Gasteiger partial charge < -0.3 is 0 Å². The molecule has 6 heteroatoms. The van der Waals surface area contributed by atoms with Crippen molar-refractivity contribution in [3.63, 3.8) is 0 Å². The first-order valence-corrected chi connectivity index (χ1v) is 6.37. The van der Waals surface area contributed by atoms with Crippen LogP contribution in [0.2, 0.25) is 10.0 Å².